The van der Waals surface area contributed by atoms with E-state index in [9.17, 15) is 4.79 Å². The monoisotopic (exact) mass is 366 g/mol. The fourth-order valence-corrected chi connectivity index (χ4v) is 2.44. The molecule has 0 aliphatic carbocycles. The van der Waals surface area contributed by atoms with Crippen LogP contribution in [0.3, 0.4) is 0 Å². The van der Waals surface area contributed by atoms with Crippen LogP contribution >= 0.6 is 27.5 Å². The van der Waals surface area contributed by atoms with Gasteiger partial charge in [-0.15, -0.1) is 0 Å². The number of aryl methyl sites for hydroxylation is 1. The van der Waals surface area contributed by atoms with Crippen LogP contribution in [0.5, 0.6) is 0 Å². The molecule has 0 radical (unpaired) electrons. The maximum Gasteiger partial charge on any atom is 0.241 e. The van der Waals surface area contributed by atoms with Crippen LogP contribution in [-0.4, -0.2) is 11.9 Å². The molecule has 0 spiro atoms. The van der Waals surface area contributed by atoms with E-state index in [2.05, 4.69) is 21.2 Å². The van der Waals surface area contributed by atoms with Crippen molar-refractivity contribution in [1.82, 2.24) is 0 Å². The Morgan fingerprint density at radius 3 is 2.67 bits per heavy atom. The lowest BCUT2D eigenvalue weighted by atomic mass is 10.1. The zero-order chi connectivity index (χ0) is 15.2. The van der Waals surface area contributed by atoms with Gasteiger partial charge in [0.1, 0.15) is 0 Å². The van der Waals surface area contributed by atoms with Crippen molar-refractivity contribution in [2.75, 3.05) is 5.32 Å². The number of rotatable bonds is 5. The Bertz CT molecular complexity index is 619. The van der Waals surface area contributed by atoms with Gasteiger partial charge in [-0.3, -0.25) is 4.79 Å². The molecule has 3 N–H and O–H groups in total. The van der Waals surface area contributed by atoms with Crippen LogP contribution in [0.25, 0.3) is 0 Å². The van der Waals surface area contributed by atoms with Gasteiger partial charge in [0.2, 0.25) is 5.91 Å². The average Bonchev–Trinajstić information content (AvgIpc) is 2.49. The minimum absolute atomic E-state index is 0.231. The van der Waals surface area contributed by atoms with Crippen LogP contribution < -0.4 is 11.1 Å². The second-order valence-electron chi connectivity index (χ2n) is 4.74. The third-order valence-corrected chi connectivity index (χ3v) is 3.93. The van der Waals surface area contributed by atoms with Crippen LogP contribution in [0.15, 0.2) is 53.0 Å². The summed E-state index contributed by atoms with van der Waals surface area (Å²) in [6.45, 7) is 0. The lowest BCUT2D eigenvalue weighted by Crippen LogP contribution is -2.36. The molecule has 0 aliphatic heterocycles. The highest BCUT2D eigenvalue weighted by atomic mass is 79.9. The number of hydrogen-bond acceptors (Lipinski definition) is 2. The van der Waals surface area contributed by atoms with Crippen molar-refractivity contribution >= 4 is 39.1 Å². The average molecular weight is 368 g/mol. The van der Waals surface area contributed by atoms with Gasteiger partial charge in [0.15, 0.2) is 0 Å². The Balaban J connectivity index is 1.92. The molecule has 0 fully saturated rings. The molecule has 0 saturated heterocycles. The Hall–Kier alpha value is -1.36. The molecule has 1 atom stereocenters. The van der Waals surface area contributed by atoms with Crippen molar-refractivity contribution in [2.45, 2.75) is 18.9 Å². The summed E-state index contributed by atoms with van der Waals surface area (Å²) in [6, 6.07) is 14.7. The van der Waals surface area contributed by atoms with Gasteiger partial charge in [-0.1, -0.05) is 57.9 Å². The highest BCUT2D eigenvalue weighted by Crippen LogP contribution is 2.25. The molecule has 2 rings (SSSR count). The van der Waals surface area contributed by atoms with Crippen molar-refractivity contribution in [1.29, 1.82) is 0 Å². The molecule has 2 aromatic carbocycles. The normalized spacial score (nSPS) is 12.0. The number of anilines is 1. The van der Waals surface area contributed by atoms with Gasteiger partial charge in [0.25, 0.3) is 0 Å². The first-order valence-electron chi connectivity index (χ1n) is 6.61. The van der Waals surface area contributed by atoms with Gasteiger partial charge in [-0.05, 0) is 36.6 Å². The molecule has 0 aromatic heterocycles. The summed E-state index contributed by atoms with van der Waals surface area (Å²) < 4.78 is 0.847. The van der Waals surface area contributed by atoms with Gasteiger partial charge in [0, 0.05) is 4.47 Å². The molecule has 5 heteroatoms. The van der Waals surface area contributed by atoms with E-state index in [1.807, 2.05) is 36.4 Å². The van der Waals surface area contributed by atoms with Crippen LogP contribution in [0.4, 0.5) is 5.69 Å². The van der Waals surface area contributed by atoms with Crippen molar-refractivity contribution in [3.8, 4) is 0 Å². The molecular formula is C16H16BrClN2O. The first-order valence-corrected chi connectivity index (χ1v) is 7.79. The fraction of sp³-hybridized carbons (Fsp3) is 0.188. The second-order valence-corrected chi connectivity index (χ2v) is 6.07. The Kier molecular flexibility index (Phi) is 5.79. The molecule has 21 heavy (non-hydrogen) atoms. The number of halogens is 2. The van der Waals surface area contributed by atoms with E-state index in [1.165, 1.54) is 5.56 Å². The van der Waals surface area contributed by atoms with Crippen molar-refractivity contribution < 1.29 is 4.79 Å². The first kappa shape index (κ1) is 16.0. The van der Waals surface area contributed by atoms with Gasteiger partial charge in [-0.2, -0.15) is 0 Å². The standard InChI is InChI=1S/C16H16BrClN2O/c17-12-7-8-13(18)15(10-12)20-16(21)14(19)9-6-11-4-2-1-3-5-11/h1-5,7-8,10,14H,6,9,19H2,(H,20,21). The molecule has 1 amide bonds. The lowest BCUT2D eigenvalue weighted by molar-refractivity contribution is -0.117. The Morgan fingerprint density at radius 2 is 1.95 bits per heavy atom. The van der Waals surface area contributed by atoms with Gasteiger partial charge >= 0.3 is 0 Å². The number of benzene rings is 2. The molecule has 110 valence electrons. The Morgan fingerprint density at radius 1 is 1.24 bits per heavy atom. The summed E-state index contributed by atoms with van der Waals surface area (Å²) in [5.74, 6) is -0.231. The summed E-state index contributed by atoms with van der Waals surface area (Å²) in [6.07, 6.45) is 1.35. The molecule has 0 saturated carbocycles. The van der Waals surface area contributed by atoms with Crippen LogP contribution in [0.2, 0.25) is 5.02 Å². The number of amides is 1. The predicted molar refractivity (Wildman–Crippen MR) is 90.5 cm³/mol. The van der Waals surface area contributed by atoms with Crippen molar-refractivity contribution in [3.05, 3.63) is 63.6 Å². The third kappa shape index (κ3) is 4.84. The zero-order valence-electron chi connectivity index (χ0n) is 11.4. The molecule has 0 heterocycles. The SMILES string of the molecule is NC(CCc1ccccc1)C(=O)Nc1cc(Br)ccc1Cl. The van der Waals surface area contributed by atoms with Crippen LogP contribution in [0, 0.1) is 0 Å². The number of nitrogens with one attached hydrogen (secondary N) is 1. The van der Waals surface area contributed by atoms with E-state index in [0.717, 1.165) is 10.9 Å². The Labute approximate surface area is 137 Å². The highest BCUT2D eigenvalue weighted by Gasteiger charge is 2.15. The summed E-state index contributed by atoms with van der Waals surface area (Å²) in [7, 11) is 0. The topological polar surface area (TPSA) is 55.1 Å². The molecule has 0 aliphatic rings. The highest BCUT2D eigenvalue weighted by molar-refractivity contribution is 9.10. The summed E-state index contributed by atoms with van der Waals surface area (Å²) in [5.41, 5.74) is 7.66. The van der Waals surface area contributed by atoms with Crippen LogP contribution in [0.1, 0.15) is 12.0 Å². The van der Waals surface area contributed by atoms with Gasteiger partial charge < -0.3 is 11.1 Å². The third-order valence-electron chi connectivity index (χ3n) is 3.11. The molecule has 3 nitrogen and oxygen atoms in total. The fourth-order valence-electron chi connectivity index (χ4n) is 1.92. The largest absolute Gasteiger partial charge is 0.323 e. The molecule has 0 bridgehead atoms. The zero-order valence-corrected chi connectivity index (χ0v) is 13.7. The minimum atomic E-state index is -0.569. The van der Waals surface area contributed by atoms with Gasteiger partial charge in [-0.25, -0.2) is 0 Å². The van der Waals surface area contributed by atoms with E-state index in [-0.39, 0.29) is 5.91 Å². The lowest BCUT2D eigenvalue weighted by Gasteiger charge is -2.13. The van der Waals surface area contributed by atoms with Crippen LogP contribution in [-0.2, 0) is 11.2 Å². The smallest absolute Gasteiger partial charge is 0.241 e. The summed E-state index contributed by atoms with van der Waals surface area (Å²) >= 11 is 9.38. The maximum absolute atomic E-state index is 12.1. The van der Waals surface area contributed by atoms with Crippen molar-refractivity contribution in [2.24, 2.45) is 5.73 Å². The quantitative estimate of drug-likeness (QED) is 0.839. The van der Waals surface area contributed by atoms with E-state index >= 15 is 0 Å². The maximum atomic E-state index is 12.1. The summed E-state index contributed by atoms with van der Waals surface area (Å²) in [4.78, 5) is 12.1. The predicted octanol–water partition coefficient (Wildman–Crippen LogP) is 4.00. The van der Waals surface area contributed by atoms with E-state index in [1.54, 1.807) is 12.1 Å². The van der Waals surface area contributed by atoms with E-state index in [0.29, 0.717) is 17.1 Å². The van der Waals surface area contributed by atoms with Gasteiger partial charge in [0.05, 0.1) is 16.8 Å². The number of carbonyl (C=O) groups is 1. The molecule has 2 aromatic rings. The molecular weight excluding hydrogens is 352 g/mol. The van der Waals surface area contributed by atoms with Crippen molar-refractivity contribution in [3.63, 3.8) is 0 Å². The summed E-state index contributed by atoms with van der Waals surface area (Å²) in [5, 5.41) is 3.25. The number of carbonyl (C=O) groups excluding carboxylic acids is 1. The number of hydrogen-bond donors (Lipinski definition) is 2. The van der Waals surface area contributed by atoms with E-state index < -0.39 is 6.04 Å². The van der Waals surface area contributed by atoms with E-state index in [4.69, 9.17) is 17.3 Å². The second kappa shape index (κ2) is 7.59. The molecule has 1 unspecified atom stereocenters. The minimum Gasteiger partial charge on any atom is -0.323 e. The first-order chi connectivity index (χ1) is 10.1. The number of nitrogens with two attached hydrogens (primary N) is 1.